The molecule has 1 saturated heterocycles. The predicted molar refractivity (Wildman–Crippen MR) is 95.8 cm³/mol. The van der Waals surface area contributed by atoms with Gasteiger partial charge >= 0.3 is 0 Å². The van der Waals surface area contributed by atoms with Crippen molar-refractivity contribution in [2.24, 2.45) is 0 Å². The summed E-state index contributed by atoms with van der Waals surface area (Å²) in [5.74, 6) is 0.687. The number of rotatable bonds is 4. The Morgan fingerprint density at radius 1 is 1.20 bits per heavy atom. The van der Waals surface area contributed by atoms with E-state index in [9.17, 15) is 13.2 Å². The predicted octanol–water partition coefficient (Wildman–Crippen LogP) is 1.75. The summed E-state index contributed by atoms with van der Waals surface area (Å²) in [5, 5.41) is 5.93. The van der Waals surface area contributed by atoms with E-state index in [1.807, 2.05) is 31.2 Å². The van der Waals surface area contributed by atoms with Gasteiger partial charge in [0.15, 0.2) is 9.84 Å². The van der Waals surface area contributed by atoms with Gasteiger partial charge < -0.3 is 10.6 Å². The Morgan fingerprint density at radius 2 is 1.96 bits per heavy atom. The molecule has 0 saturated carbocycles. The number of sulfone groups is 1. The highest BCUT2D eigenvalue weighted by molar-refractivity contribution is 7.91. The smallest absolute Gasteiger partial charge is 0.270 e. The molecule has 132 valence electrons. The third-order valence-corrected chi connectivity index (χ3v) is 5.81. The standard InChI is InChI=1S/C17H20N4O3S/c1-11-5-3-4-6-14(11)21-16-9-15(18-12(2)19-16)17(22)20-13-7-8-25(23,24)10-13/h3-6,9,13H,7-8,10H2,1-2H3,(H,20,22)(H,18,19,21). The minimum absolute atomic E-state index is 0.0167. The number of anilines is 2. The topological polar surface area (TPSA) is 101 Å². The van der Waals surface area contributed by atoms with Gasteiger partial charge in [-0.3, -0.25) is 4.79 Å². The molecule has 2 heterocycles. The van der Waals surface area contributed by atoms with Gasteiger partial charge in [0.1, 0.15) is 17.3 Å². The second kappa shape index (κ2) is 6.79. The maximum Gasteiger partial charge on any atom is 0.270 e. The zero-order chi connectivity index (χ0) is 18.0. The first-order valence-electron chi connectivity index (χ1n) is 8.02. The van der Waals surface area contributed by atoms with Crippen molar-refractivity contribution in [2.45, 2.75) is 26.3 Å². The summed E-state index contributed by atoms with van der Waals surface area (Å²) in [6, 6.07) is 8.97. The van der Waals surface area contributed by atoms with Crippen LogP contribution in [-0.2, 0) is 9.84 Å². The van der Waals surface area contributed by atoms with Gasteiger partial charge in [-0.15, -0.1) is 0 Å². The Morgan fingerprint density at radius 3 is 2.64 bits per heavy atom. The first-order chi connectivity index (χ1) is 11.8. The van der Waals surface area contributed by atoms with Gasteiger partial charge in [-0.1, -0.05) is 18.2 Å². The Balaban J connectivity index is 1.77. The number of nitrogens with zero attached hydrogens (tertiary/aromatic N) is 2. The zero-order valence-corrected chi connectivity index (χ0v) is 14.9. The van der Waals surface area contributed by atoms with Crippen LogP contribution in [0, 0.1) is 13.8 Å². The lowest BCUT2D eigenvalue weighted by Gasteiger charge is -2.13. The molecule has 1 fully saturated rings. The minimum Gasteiger partial charge on any atom is -0.347 e. The molecule has 1 amide bonds. The molecule has 1 unspecified atom stereocenters. The lowest BCUT2D eigenvalue weighted by atomic mass is 10.2. The van der Waals surface area contributed by atoms with Crippen LogP contribution in [0.3, 0.4) is 0 Å². The van der Waals surface area contributed by atoms with E-state index in [1.165, 1.54) is 0 Å². The number of nitrogens with one attached hydrogen (secondary N) is 2. The van der Waals surface area contributed by atoms with Gasteiger partial charge in [0, 0.05) is 17.8 Å². The van der Waals surface area contributed by atoms with Crippen LogP contribution in [0.1, 0.15) is 28.3 Å². The van der Waals surface area contributed by atoms with E-state index in [1.54, 1.807) is 13.0 Å². The number of aromatic nitrogens is 2. The third-order valence-electron chi connectivity index (χ3n) is 4.05. The number of aryl methyl sites for hydroxylation is 2. The van der Waals surface area contributed by atoms with Crippen molar-refractivity contribution in [3.05, 3.63) is 47.4 Å². The lowest BCUT2D eigenvalue weighted by molar-refractivity contribution is 0.0935. The Bertz CT molecular complexity index is 912. The normalized spacial score (nSPS) is 18.7. The van der Waals surface area contributed by atoms with Crippen molar-refractivity contribution in [3.63, 3.8) is 0 Å². The van der Waals surface area contributed by atoms with Crippen LogP contribution in [0.5, 0.6) is 0 Å². The van der Waals surface area contributed by atoms with E-state index < -0.39 is 9.84 Å². The third kappa shape index (κ3) is 4.33. The number of amides is 1. The first kappa shape index (κ1) is 17.3. The van der Waals surface area contributed by atoms with Gasteiger partial charge in [-0.2, -0.15) is 0 Å². The Labute approximate surface area is 146 Å². The molecule has 7 nitrogen and oxygen atoms in total. The van der Waals surface area contributed by atoms with Crippen molar-refractivity contribution in [2.75, 3.05) is 16.8 Å². The van der Waals surface area contributed by atoms with Gasteiger partial charge in [0.2, 0.25) is 0 Å². The number of hydrogen-bond donors (Lipinski definition) is 2. The summed E-state index contributed by atoms with van der Waals surface area (Å²) in [5.41, 5.74) is 2.17. The first-order valence-corrected chi connectivity index (χ1v) is 9.84. The molecule has 25 heavy (non-hydrogen) atoms. The fourth-order valence-electron chi connectivity index (χ4n) is 2.77. The molecule has 1 aliphatic heterocycles. The molecule has 0 spiro atoms. The summed E-state index contributed by atoms with van der Waals surface area (Å²) in [4.78, 5) is 20.9. The number of carbonyl (C=O) groups excluding carboxylic acids is 1. The second-order valence-electron chi connectivity index (χ2n) is 6.20. The minimum atomic E-state index is -3.04. The number of para-hydroxylation sites is 1. The van der Waals surface area contributed by atoms with E-state index in [0.717, 1.165) is 11.3 Å². The fraction of sp³-hybridized carbons (Fsp3) is 0.353. The van der Waals surface area contributed by atoms with Crippen LogP contribution in [-0.4, -0.2) is 41.8 Å². The van der Waals surface area contributed by atoms with E-state index in [0.29, 0.717) is 18.1 Å². The monoisotopic (exact) mass is 360 g/mol. The van der Waals surface area contributed by atoms with E-state index >= 15 is 0 Å². The molecule has 1 atom stereocenters. The van der Waals surface area contributed by atoms with Crippen molar-refractivity contribution in [1.82, 2.24) is 15.3 Å². The van der Waals surface area contributed by atoms with Gasteiger partial charge in [-0.25, -0.2) is 18.4 Å². The molecule has 2 aromatic rings. The number of hydrogen-bond acceptors (Lipinski definition) is 6. The van der Waals surface area contributed by atoms with Gasteiger partial charge in [-0.05, 0) is 31.9 Å². The molecule has 0 aliphatic carbocycles. The number of benzene rings is 1. The molecule has 1 aromatic heterocycles. The van der Waals surface area contributed by atoms with Crippen LogP contribution in [0.25, 0.3) is 0 Å². The van der Waals surface area contributed by atoms with E-state index in [4.69, 9.17) is 0 Å². The molecular formula is C17H20N4O3S. The Kier molecular flexibility index (Phi) is 4.71. The van der Waals surface area contributed by atoms with Gasteiger partial charge in [0.25, 0.3) is 5.91 Å². The molecule has 0 bridgehead atoms. The van der Waals surface area contributed by atoms with Crippen LogP contribution < -0.4 is 10.6 Å². The highest BCUT2D eigenvalue weighted by atomic mass is 32.2. The largest absolute Gasteiger partial charge is 0.347 e. The fourth-order valence-corrected chi connectivity index (χ4v) is 4.44. The van der Waals surface area contributed by atoms with E-state index in [2.05, 4.69) is 20.6 Å². The molecule has 3 rings (SSSR count). The average Bonchev–Trinajstić information content (AvgIpc) is 2.88. The zero-order valence-electron chi connectivity index (χ0n) is 14.1. The van der Waals surface area contributed by atoms with E-state index in [-0.39, 0.29) is 29.1 Å². The maximum absolute atomic E-state index is 12.4. The molecular weight excluding hydrogens is 340 g/mol. The van der Waals surface area contributed by atoms with Crippen LogP contribution >= 0.6 is 0 Å². The summed E-state index contributed by atoms with van der Waals surface area (Å²) in [6.45, 7) is 3.68. The van der Waals surface area contributed by atoms with Crippen LogP contribution in [0.4, 0.5) is 11.5 Å². The SMILES string of the molecule is Cc1nc(Nc2ccccc2C)cc(C(=O)NC2CCS(=O)(=O)C2)n1. The lowest BCUT2D eigenvalue weighted by Crippen LogP contribution is -2.36. The average molecular weight is 360 g/mol. The van der Waals surface area contributed by atoms with Crippen molar-refractivity contribution >= 4 is 27.2 Å². The highest BCUT2D eigenvalue weighted by Crippen LogP contribution is 2.19. The van der Waals surface area contributed by atoms with Crippen molar-refractivity contribution < 1.29 is 13.2 Å². The summed E-state index contributed by atoms with van der Waals surface area (Å²) in [6.07, 6.45) is 0.437. The Hall–Kier alpha value is -2.48. The summed E-state index contributed by atoms with van der Waals surface area (Å²) in [7, 11) is -3.04. The summed E-state index contributed by atoms with van der Waals surface area (Å²) >= 11 is 0. The number of carbonyl (C=O) groups is 1. The molecule has 8 heteroatoms. The molecule has 0 radical (unpaired) electrons. The van der Waals surface area contributed by atoms with Crippen LogP contribution in [0.15, 0.2) is 30.3 Å². The maximum atomic E-state index is 12.4. The van der Waals surface area contributed by atoms with Crippen molar-refractivity contribution in [3.8, 4) is 0 Å². The molecule has 2 N–H and O–H groups in total. The summed E-state index contributed by atoms with van der Waals surface area (Å²) < 4.78 is 23.0. The molecule has 1 aromatic carbocycles. The van der Waals surface area contributed by atoms with Crippen molar-refractivity contribution in [1.29, 1.82) is 0 Å². The highest BCUT2D eigenvalue weighted by Gasteiger charge is 2.29. The second-order valence-corrected chi connectivity index (χ2v) is 8.43. The van der Waals surface area contributed by atoms with Gasteiger partial charge in [0.05, 0.1) is 11.5 Å². The van der Waals surface area contributed by atoms with Crippen LogP contribution in [0.2, 0.25) is 0 Å². The quantitative estimate of drug-likeness (QED) is 0.861. The molecule has 1 aliphatic rings.